The van der Waals surface area contributed by atoms with Crippen molar-refractivity contribution in [3.05, 3.63) is 47.8 Å². The van der Waals surface area contributed by atoms with Gasteiger partial charge in [0.25, 0.3) is 0 Å². The zero-order valence-electron chi connectivity index (χ0n) is 10.2. The smallest absolute Gasteiger partial charge is 0.168 e. The number of nitrogens with two attached hydrogens (primary N) is 1. The maximum absolute atomic E-state index is 13.8. The van der Waals surface area contributed by atoms with Gasteiger partial charge < -0.3 is 15.2 Å². The van der Waals surface area contributed by atoms with Crippen molar-refractivity contribution in [3.8, 4) is 17.2 Å². The van der Waals surface area contributed by atoms with Crippen LogP contribution in [0.2, 0.25) is 0 Å². The van der Waals surface area contributed by atoms with Crippen LogP contribution in [0.15, 0.2) is 36.4 Å². The highest BCUT2D eigenvalue weighted by Crippen LogP contribution is 2.32. The molecule has 2 aromatic carbocycles. The van der Waals surface area contributed by atoms with Gasteiger partial charge in [-0.2, -0.15) is 0 Å². The molecule has 2 rings (SSSR count). The summed E-state index contributed by atoms with van der Waals surface area (Å²) in [6.45, 7) is 1.68. The van der Waals surface area contributed by atoms with Crippen molar-refractivity contribution in [2.45, 2.75) is 6.92 Å². The molecule has 0 aromatic heterocycles. The fourth-order valence-corrected chi connectivity index (χ4v) is 1.55. The van der Waals surface area contributed by atoms with Gasteiger partial charge in [-0.05, 0) is 30.7 Å². The molecule has 0 aliphatic heterocycles. The molecule has 0 bridgehead atoms. The second kappa shape index (κ2) is 4.96. The Morgan fingerprint density at radius 2 is 1.89 bits per heavy atom. The van der Waals surface area contributed by atoms with E-state index in [0.717, 1.165) is 0 Å². The van der Waals surface area contributed by atoms with Crippen molar-refractivity contribution in [2.75, 3.05) is 12.8 Å². The van der Waals surface area contributed by atoms with Crippen LogP contribution in [-0.4, -0.2) is 7.11 Å². The summed E-state index contributed by atoms with van der Waals surface area (Å²) in [5.74, 6) is 0.737. The molecule has 0 fully saturated rings. The maximum Gasteiger partial charge on any atom is 0.168 e. The number of ether oxygens (including phenoxy) is 2. The summed E-state index contributed by atoms with van der Waals surface area (Å²) in [6.07, 6.45) is 0. The largest absolute Gasteiger partial charge is 0.497 e. The Morgan fingerprint density at radius 3 is 2.61 bits per heavy atom. The highest BCUT2D eigenvalue weighted by molar-refractivity contribution is 5.57. The lowest BCUT2D eigenvalue weighted by Crippen LogP contribution is -1.95. The lowest BCUT2D eigenvalue weighted by molar-refractivity contribution is 0.405. The van der Waals surface area contributed by atoms with E-state index < -0.39 is 0 Å². The molecule has 18 heavy (non-hydrogen) atoms. The molecule has 0 spiro atoms. The SMILES string of the molecule is COc1ccc(N)c(Oc2cccc(C)c2F)c1. The third kappa shape index (κ3) is 2.37. The minimum absolute atomic E-state index is 0.148. The molecule has 0 saturated heterocycles. The summed E-state index contributed by atoms with van der Waals surface area (Å²) in [5, 5.41) is 0. The summed E-state index contributed by atoms with van der Waals surface area (Å²) in [7, 11) is 1.54. The van der Waals surface area contributed by atoms with Crippen LogP contribution in [0.1, 0.15) is 5.56 Å². The zero-order valence-corrected chi connectivity index (χ0v) is 10.2. The Hall–Kier alpha value is -2.23. The van der Waals surface area contributed by atoms with Gasteiger partial charge >= 0.3 is 0 Å². The van der Waals surface area contributed by atoms with Gasteiger partial charge in [-0.15, -0.1) is 0 Å². The van der Waals surface area contributed by atoms with E-state index in [0.29, 0.717) is 22.7 Å². The quantitative estimate of drug-likeness (QED) is 0.844. The first-order valence-corrected chi connectivity index (χ1v) is 5.48. The number of nitrogen functional groups attached to an aromatic ring is 1. The summed E-state index contributed by atoms with van der Waals surface area (Å²) < 4.78 is 24.4. The average molecular weight is 247 g/mol. The van der Waals surface area contributed by atoms with Crippen molar-refractivity contribution in [3.63, 3.8) is 0 Å². The van der Waals surface area contributed by atoms with Gasteiger partial charge in [-0.3, -0.25) is 0 Å². The Balaban J connectivity index is 2.36. The number of hydrogen-bond acceptors (Lipinski definition) is 3. The Bertz CT molecular complexity index is 570. The molecule has 0 radical (unpaired) electrons. The molecule has 0 amide bonds. The van der Waals surface area contributed by atoms with E-state index in [4.69, 9.17) is 15.2 Å². The van der Waals surface area contributed by atoms with Gasteiger partial charge in [0.05, 0.1) is 12.8 Å². The van der Waals surface area contributed by atoms with Crippen LogP contribution in [0.3, 0.4) is 0 Å². The van der Waals surface area contributed by atoms with Gasteiger partial charge in [0.2, 0.25) is 0 Å². The van der Waals surface area contributed by atoms with E-state index in [1.807, 2.05) is 0 Å². The molecular weight excluding hydrogens is 233 g/mol. The predicted molar refractivity (Wildman–Crippen MR) is 68.6 cm³/mol. The van der Waals surface area contributed by atoms with Crippen molar-refractivity contribution in [2.24, 2.45) is 0 Å². The third-order valence-corrected chi connectivity index (χ3v) is 2.60. The van der Waals surface area contributed by atoms with Crippen LogP contribution in [-0.2, 0) is 0 Å². The Labute approximate surface area is 105 Å². The highest BCUT2D eigenvalue weighted by Gasteiger charge is 2.09. The van der Waals surface area contributed by atoms with Crippen molar-refractivity contribution in [1.82, 2.24) is 0 Å². The number of rotatable bonds is 3. The molecule has 0 aliphatic rings. The molecule has 2 N–H and O–H groups in total. The Kier molecular flexibility index (Phi) is 3.37. The standard InChI is InChI=1S/C14H14FNO2/c1-9-4-3-5-12(14(9)15)18-13-8-10(17-2)6-7-11(13)16/h3-8H,16H2,1-2H3. The van der Waals surface area contributed by atoms with E-state index >= 15 is 0 Å². The van der Waals surface area contributed by atoms with Gasteiger partial charge in [0, 0.05) is 6.07 Å². The first-order valence-electron chi connectivity index (χ1n) is 5.48. The topological polar surface area (TPSA) is 44.5 Å². The number of halogens is 1. The summed E-state index contributed by atoms with van der Waals surface area (Å²) in [6, 6.07) is 9.95. The fraction of sp³-hybridized carbons (Fsp3) is 0.143. The molecule has 2 aromatic rings. The molecule has 0 aliphatic carbocycles. The summed E-state index contributed by atoms with van der Waals surface area (Å²) >= 11 is 0. The number of benzene rings is 2. The predicted octanol–water partition coefficient (Wildman–Crippen LogP) is 3.52. The molecule has 0 saturated carbocycles. The van der Waals surface area contributed by atoms with Gasteiger partial charge in [-0.25, -0.2) is 4.39 Å². The minimum atomic E-state index is -0.389. The second-order valence-corrected chi connectivity index (χ2v) is 3.89. The van der Waals surface area contributed by atoms with Gasteiger partial charge in [0.15, 0.2) is 17.3 Å². The van der Waals surface area contributed by atoms with Crippen LogP contribution in [0.25, 0.3) is 0 Å². The van der Waals surface area contributed by atoms with E-state index in [9.17, 15) is 4.39 Å². The van der Waals surface area contributed by atoms with Gasteiger partial charge in [0.1, 0.15) is 5.75 Å². The maximum atomic E-state index is 13.8. The van der Waals surface area contributed by atoms with Crippen molar-refractivity contribution in [1.29, 1.82) is 0 Å². The van der Waals surface area contributed by atoms with E-state index in [1.165, 1.54) is 0 Å². The minimum Gasteiger partial charge on any atom is -0.497 e. The van der Waals surface area contributed by atoms with Crippen LogP contribution >= 0.6 is 0 Å². The molecule has 0 heterocycles. The van der Waals surface area contributed by atoms with Gasteiger partial charge in [-0.1, -0.05) is 12.1 Å². The molecule has 0 atom stereocenters. The molecule has 4 heteroatoms. The first kappa shape index (κ1) is 12.2. The number of aryl methyl sites for hydroxylation is 1. The third-order valence-electron chi connectivity index (χ3n) is 2.60. The van der Waals surface area contributed by atoms with Crippen LogP contribution in [0.5, 0.6) is 17.2 Å². The van der Waals surface area contributed by atoms with Crippen molar-refractivity contribution < 1.29 is 13.9 Å². The zero-order chi connectivity index (χ0) is 13.1. The van der Waals surface area contributed by atoms with Crippen LogP contribution in [0, 0.1) is 12.7 Å². The van der Waals surface area contributed by atoms with E-state index in [-0.39, 0.29) is 11.6 Å². The number of hydrogen-bond donors (Lipinski definition) is 1. The number of methoxy groups -OCH3 is 1. The van der Waals surface area contributed by atoms with Crippen molar-refractivity contribution >= 4 is 5.69 Å². The molecule has 94 valence electrons. The Morgan fingerprint density at radius 1 is 1.11 bits per heavy atom. The normalized spacial score (nSPS) is 10.2. The second-order valence-electron chi connectivity index (χ2n) is 3.89. The molecule has 3 nitrogen and oxygen atoms in total. The van der Waals surface area contributed by atoms with Crippen LogP contribution < -0.4 is 15.2 Å². The fourth-order valence-electron chi connectivity index (χ4n) is 1.55. The summed E-state index contributed by atoms with van der Waals surface area (Å²) in [4.78, 5) is 0. The lowest BCUT2D eigenvalue weighted by Gasteiger charge is -2.11. The van der Waals surface area contributed by atoms with Crippen LogP contribution in [0.4, 0.5) is 10.1 Å². The lowest BCUT2D eigenvalue weighted by atomic mass is 10.2. The first-order chi connectivity index (χ1) is 8.61. The van der Waals surface area contributed by atoms with E-state index in [2.05, 4.69) is 0 Å². The number of anilines is 1. The average Bonchev–Trinajstić information content (AvgIpc) is 2.37. The van der Waals surface area contributed by atoms with E-state index in [1.54, 1.807) is 50.4 Å². The molecular formula is C14H14FNO2. The highest BCUT2D eigenvalue weighted by atomic mass is 19.1. The summed E-state index contributed by atoms with van der Waals surface area (Å²) in [5.41, 5.74) is 6.73. The monoisotopic (exact) mass is 247 g/mol. The molecule has 0 unspecified atom stereocenters.